The van der Waals surface area contributed by atoms with E-state index >= 15 is 4.39 Å². The van der Waals surface area contributed by atoms with Gasteiger partial charge in [0.05, 0.1) is 20.0 Å². The molecular formula is C21H26FNa2O9P. The number of carbonyl (C=O) groups is 2. The summed E-state index contributed by atoms with van der Waals surface area (Å²) in [5.41, 5.74) is -7.56. The van der Waals surface area contributed by atoms with E-state index in [0.29, 0.717) is 5.57 Å². The van der Waals surface area contributed by atoms with Crippen LogP contribution < -0.4 is 68.9 Å². The molecule has 8 atom stereocenters. The van der Waals surface area contributed by atoms with Crippen LogP contribution in [0.5, 0.6) is 0 Å². The van der Waals surface area contributed by atoms with Crippen molar-refractivity contribution >= 4 is 19.4 Å². The minimum atomic E-state index is -5.71. The first kappa shape index (κ1) is 31.0. The van der Waals surface area contributed by atoms with Crippen LogP contribution in [-0.2, 0) is 18.7 Å². The monoisotopic (exact) mass is 518 g/mol. The largest absolute Gasteiger partial charge is 1.00 e. The summed E-state index contributed by atoms with van der Waals surface area (Å²) < 4.78 is 33.7. The molecule has 4 aliphatic rings. The zero-order valence-electron chi connectivity index (χ0n) is 19.7. The molecule has 9 nitrogen and oxygen atoms in total. The van der Waals surface area contributed by atoms with Crippen LogP contribution in [0.3, 0.4) is 0 Å². The molecule has 0 radical (unpaired) electrons. The minimum Gasteiger partial charge on any atom is -0.790 e. The Morgan fingerprint density at radius 2 is 1.91 bits per heavy atom. The molecule has 0 aromatic rings. The van der Waals surface area contributed by atoms with Crippen LogP contribution in [0.2, 0.25) is 0 Å². The van der Waals surface area contributed by atoms with Gasteiger partial charge in [-0.15, -0.1) is 0 Å². The standard InChI is InChI=1S/C21H28FO9P.2Na/c1-18-6-5-12(24)7-11(18)3-4-13-14-8-15(25)21(27,16(26)10-23)19(14,2)9-17(20(13,18)22)31-32(28,29)30;;/h5-7,13-15,17,23,25,27H,3-4,8-10H2,1-2H3,(H2,28,29,30);;/q;2*+1/p-2/t13-,14-,15+,17-,18-,19-,20-,21-;;/m0../s1. The maximum atomic E-state index is 17.3. The van der Waals surface area contributed by atoms with E-state index in [-0.39, 0.29) is 84.2 Å². The van der Waals surface area contributed by atoms with E-state index in [1.165, 1.54) is 32.1 Å². The van der Waals surface area contributed by atoms with E-state index in [4.69, 9.17) is 4.52 Å². The van der Waals surface area contributed by atoms with Crippen molar-refractivity contribution in [3.05, 3.63) is 23.8 Å². The van der Waals surface area contributed by atoms with Crippen molar-refractivity contribution in [2.45, 2.75) is 63.0 Å². The molecular weight excluding hydrogens is 492 g/mol. The Hall–Kier alpha value is 0.740. The molecule has 3 fully saturated rings. The van der Waals surface area contributed by atoms with Gasteiger partial charge in [-0.3, -0.25) is 9.59 Å². The summed E-state index contributed by atoms with van der Waals surface area (Å²) in [5.74, 6) is -3.20. The molecule has 0 aromatic carbocycles. The van der Waals surface area contributed by atoms with Crippen molar-refractivity contribution < 1.29 is 107 Å². The molecule has 0 amide bonds. The van der Waals surface area contributed by atoms with Crippen molar-refractivity contribution in [2.75, 3.05) is 6.61 Å². The number of alkyl halides is 1. The topological polar surface area (TPSA) is 167 Å². The van der Waals surface area contributed by atoms with Gasteiger partial charge in [0.2, 0.25) is 0 Å². The van der Waals surface area contributed by atoms with Crippen LogP contribution >= 0.6 is 7.82 Å². The van der Waals surface area contributed by atoms with Gasteiger partial charge in [0.15, 0.2) is 22.8 Å². The second-order valence-corrected chi connectivity index (χ2v) is 11.0. The zero-order chi connectivity index (χ0) is 23.9. The zero-order valence-corrected chi connectivity index (χ0v) is 24.6. The third kappa shape index (κ3) is 4.10. The summed E-state index contributed by atoms with van der Waals surface area (Å²) in [6, 6.07) is 0. The molecule has 4 aliphatic carbocycles. The Balaban J connectivity index is 0.00000204. The Kier molecular flexibility index (Phi) is 8.93. The van der Waals surface area contributed by atoms with E-state index in [1.807, 2.05) is 0 Å². The first-order chi connectivity index (χ1) is 14.6. The molecule has 3 N–H and O–H groups in total. The number of ketones is 2. The first-order valence-electron chi connectivity index (χ1n) is 10.5. The molecule has 4 rings (SSSR count). The normalized spacial score (nSPS) is 45.2. The van der Waals surface area contributed by atoms with Crippen LogP contribution in [0.15, 0.2) is 23.8 Å². The molecule has 0 unspecified atom stereocenters. The fourth-order valence-electron chi connectivity index (χ4n) is 7.08. The van der Waals surface area contributed by atoms with Gasteiger partial charge in [0, 0.05) is 16.7 Å². The van der Waals surface area contributed by atoms with E-state index < -0.39 is 72.8 Å². The van der Waals surface area contributed by atoms with Crippen molar-refractivity contribution in [3.63, 3.8) is 0 Å². The number of phosphoric ester groups is 1. The Labute approximate surface area is 241 Å². The summed E-state index contributed by atoms with van der Waals surface area (Å²) in [5, 5.41) is 31.4. The third-order valence-electron chi connectivity index (χ3n) is 8.66. The van der Waals surface area contributed by atoms with E-state index in [2.05, 4.69) is 0 Å². The summed E-state index contributed by atoms with van der Waals surface area (Å²) in [7, 11) is -5.71. The number of aliphatic hydroxyl groups is 3. The quantitative estimate of drug-likeness (QED) is 0.242. The number of Topliss-reactive ketones (excluding diaryl/α,β-unsaturated/α-hetero) is 1. The van der Waals surface area contributed by atoms with Gasteiger partial charge in [0.25, 0.3) is 0 Å². The smallest absolute Gasteiger partial charge is 0.790 e. The number of phosphoric acid groups is 1. The van der Waals surface area contributed by atoms with Gasteiger partial charge in [-0.1, -0.05) is 18.6 Å². The van der Waals surface area contributed by atoms with Gasteiger partial charge in [-0.25, -0.2) is 4.39 Å². The minimum absolute atomic E-state index is 0. The van der Waals surface area contributed by atoms with Gasteiger partial charge < -0.3 is 34.2 Å². The van der Waals surface area contributed by atoms with Gasteiger partial charge >= 0.3 is 59.1 Å². The molecule has 0 heterocycles. The predicted octanol–water partition coefficient (Wildman–Crippen LogP) is -6.52. The number of halogens is 1. The number of hydrogen-bond acceptors (Lipinski definition) is 9. The molecule has 34 heavy (non-hydrogen) atoms. The van der Waals surface area contributed by atoms with E-state index in [9.17, 15) is 39.3 Å². The fraction of sp³-hybridized carbons (Fsp3) is 0.714. The van der Waals surface area contributed by atoms with Crippen LogP contribution in [0.1, 0.15) is 39.5 Å². The maximum Gasteiger partial charge on any atom is 1.00 e. The summed E-state index contributed by atoms with van der Waals surface area (Å²) in [6.45, 7) is 1.85. The number of fused-ring (bicyclic) bond motifs is 5. The predicted molar refractivity (Wildman–Crippen MR) is 103 cm³/mol. The van der Waals surface area contributed by atoms with Crippen LogP contribution in [0.4, 0.5) is 4.39 Å². The molecule has 0 saturated heterocycles. The maximum absolute atomic E-state index is 17.3. The van der Waals surface area contributed by atoms with E-state index in [0.717, 1.165) is 0 Å². The summed E-state index contributed by atoms with van der Waals surface area (Å²) in [4.78, 5) is 47.7. The molecule has 0 spiro atoms. The molecule has 13 heteroatoms. The number of rotatable bonds is 4. The molecule has 0 aromatic heterocycles. The number of carbonyl (C=O) groups excluding carboxylic acids is 2. The van der Waals surface area contributed by atoms with Gasteiger partial charge in [-0.05, 0) is 50.7 Å². The van der Waals surface area contributed by atoms with Crippen molar-refractivity contribution in [1.82, 2.24) is 0 Å². The van der Waals surface area contributed by atoms with Crippen molar-refractivity contribution in [1.29, 1.82) is 0 Å². The molecule has 0 aliphatic heterocycles. The number of aliphatic hydroxyl groups excluding tert-OH is 2. The summed E-state index contributed by atoms with van der Waals surface area (Å²) in [6.07, 6.45) is 0.00679. The van der Waals surface area contributed by atoms with Crippen LogP contribution in [-0.4, -0.2) is 57.0 Å². The molecule has 0 bridgehead atoms. The number of allylic oxidation sites excluding steroid dienone is 4. The number of hydrogen-bond donors (Lipinski definition) is 3. The Morgan fingerprint density at radius 1 is 1.29 bits per heavy atom. The summed E-state index contributed by atoms with van der Waals surface area (Å²) >= 11 is 0. The first-order valence-corrected chi connectivity index (χ1v) is 12.0. The second kappa shape index (κ2) is 9.80. The van der Waals surface area contributed by atoms with Crippen molar-refractivity contribution in [2.24, 2.45) is 22.7 Å². The van der Waals surface area contributed by atoms with Gasteiger partial charge in [-0.2, -0.15) is 0 Å². The Morgan fingerprint density at radius 3 is 2.47 bits per heavy atom. The SMILES string of the molecule is C[C@]12C=CC(=O)C=C1CC[C@H]1[C@@H]3C[C@@H](O)[C@](O)(C(=O)CO)[C@@]3(C)C[C@H](OP(=O)([O-])[O-])[C@@]12F.[Na+].[Na+]. The van der Waals surface area contributed by atoms with Crippen LogP contribution in [0.25, 0.3) is 0 Å². The average Bonchev–Trinajstić information content (AvgIpc) is 2.89. The van der Waals surface area contributed by atoms with Crippen LogP contribution in [0, 0.1) is 22.7 Å². The fourth-order valence-corrected chi connectivity index (χ4v) is 7.62. The van der Waals surface area contributed by atoms with Crippen molar-refractivity contribution in [3.8, 4) is 0 Å². The molecule has 3 saturated carbocycles. The third-order valence-corrected chi connectivity index (χ3v) is 9.17. The average molecular weight is 518 g/mol. The molecule has 178 valence electrons. The van der Waals surface area contributed by atoms with E-state index in [1.54, 1.807) is 0 Å². The van der Waals surface area contributed by atoms with Gasteiger partial charge in [0.1, 0.15) is 6.61 Å². The second-order valence-electron chi connectivity index (χ2n) is 9.89. The Bertz CT molecular complexity index is 985.